The Bertz CT molecular complexity index is 986. The number of nitrogens with zero attached hydrogens (tertiary/aromatic N) is 1. The van der Waals surface area contributed by atoms with E-state index in [9.17, 15) is 14.9 Å². The molecule has 0 spiro atoms. The first-order chi connectivity index (χ1) is 13.5. The molecule has 0 atom stereocenters. The molecule has 0 bridgehead atoms. The normalized spacial score (nSPS) is 10.2. The number of hydrogen-bond acceptors (Lipinski definition) is 5. The molecule has 3 rings (SSSR count). The molecule has 0 fully saturated rings. The van der Waals surface area contributed by atoms with Crippen molar-refractivity contribution in [1.82, 2.24) is 0 Å². The molecule has 0 saturated carbocycles. The topological polar surface area (TPSA) is 90.7 Å². The predicted octanol–water partition coefficient (Wildman–Crippen LogP) is 4.71. The van der Waals surface area contributed by atoms with Gasteiger partial charge < -0.3 is 14.8 Å². The number of nitro benzene ring substituents is 1. The summed E-state index contributed by atoms with van der Waals surface area (Å²) >= 11 is 0. The summed E-state index contributed by atoms with van der Waals surface area (Å²) in [6, 6.07) is 20.4. The van der Waals surface area contributed by atoms with E-state index < -0.39 is 10.8 Å². The summed E-state index contributed by atoms with van der Waals surface area (Å²) < 4.78 is 11.1. The minimum atomic E-state index is -0.558. The van der Waals surface area contributed by atoms with E-state index in [-0.39, 0.29) is 18.0 Å². The van der Waals surface area contributed by atoms with Gasteiger partial charge in [-0.25, -0.2) is 0 Å². The van der Waals surface area contributed by atoms with Crippen molar-refractivity contribution in [2.75, 3.05) is 11.9 Å². The number of carbonyl (C=O) groups excluding carboxylic acids is 1. The highest BCUT2D eigenvalue weighted by atomic mass is 16.6. The second-order valence-electron chi connectivity index (χ2n) is 5.97. The highest BCUT2D eigenvalue weighted by Gasteiger charge is 2.15. The smallest absolute Gasteiger partial charge is 0.310 e. The Kier molecular flexibility index (Phi) is 5.86. The van der Waals surface area contributed by atoms with Crippen molar-refractivity contribution in [3.8, 4) is 17.2 Å². The van der Waals surface area contributed by atoms with Crippen molar-refractivity contribution >= 4 is 17.3 Å². The van der Waals surface area contributed by atoms with Gasteiger partial charge >= 0.3 is 5.69 Å². The minimum Gasteiger partial charge on any atom is -0.477 e. The van der Waals surface area contributed by atoms with Gasteiger partial charge in [0.2, 0.25) is 0 Å². The number of nitrogens with one attached hydrogen (secondary N) is 1. The third kappa shape index (κ3) is 4.85. The van der Waals surface area contributed by atoms with Crippen LogP contribution in [0.4, 0.5) is 11.4 Å². The lowest BCUT2D eigenvalue weighted by atomic mass is 10.2. The monoisotopic (exact) mass is 378 g/mol. The fourth-order valence-electron chi connectivity index (χ4n) is 2.45. The molecule has 0 aliphatic heterocycles. The summed E-state index contributed by atoms with van der Waals surface area (Å²) in [6.07, 6.45) is 0. The molecular weight excluding hydrogens is 360 g/mol. The maximum atomic E-state index is 12.3. The Labute approximate surface area is 161 Å². The number of nitro groups is 1. The number of aryl methyl sites for hydroxylation is 1. The number of hydrogen-bond donors (Lipinski definition) is 1. The van der Waals surface area contributed by atoms with E-state index in [1.165, 1.54) is 18.2 Å². The zero-order valence-electron chi connectivity index (χ0n) is 15.1. The molecule has 3 aromatic rings. The third-order valence-corrected chi connectivity index (χ3v) is 3.83. The van der Waals surface area contributed by atoms with Gasteiger partial charge in [-0.3, -0.25) is 14.9 Å². The van der Waals surface area contributed by atoms with Crippen LogP contribution in [0.1, 0.15) is 5.56 Å². The number of rotatable bonds is 7. The van der Waals surface area contributed by atoms with E-state index in [0.717, 1.165) is 5.56 Å². The van der Waals surface area contributed by atoms with Crippen LogP contribution >= 0.6 is 0 Å². The van der Waals surface area contributed by atoms with Gasteiger partial charge in [-0.05, 0) is 37.3 Å². The van der Waals surface area contributed by atoms with Gasteiger partial charge in [-0.1, -0.05) is 42.0 Å². The van der Waals surface area contributed by atoms with Crippen molar-refractivity contribution in [2.45, 2.75) is 6.92 Å². The van der Waals surface area contributed by atoms with Crippen molar-refractivity contribution in [3.63, 3.8) is 0 Å². The molecule has 1 N–H and O–H groups in total. The maximum absolute atomic E-state index is 12.3. The highest BCUT2D eigenvalue weighted by molar-refractivity contribution is 5.93. The lowest BCUT2D eigenvalue weighted by Gasteiger charge is -2.13. The molecule has 0 aliphatic rings. The standard InChI is InChI=1S/C21H18N2O5/c1-15-10-12-16(13-11-15)28-19-8-4-2-6-17(19)22-21(24)14-27-20-9-5-3-7-18(20)23(25)26/h2-13H,14H2,1H3,(H,22,24). The molecular formula is C21H18N2O5. The van der Waals surface area contributed by atoms with E-state index in [1.54, 1.807) is 30.3 Å². The Hall–Kier alpha value is -3.87. The summed E-state index contributed by atoms with van der Waals surface area (Å²) in [5.41, 5.74) is 1.39. The zero-order chi connectivity index (χ0) is 19.9. The molecule has 3 aromatic carbocycles. The van der Waals surface area contributed by atoms with Crippen molar-refractivity contribution in [3.05, 3.63) is 88.5 Å². The van der Waals surface area contributed by atoms with Crippen LogP contribution in [0.15, 0.2) is 72.8 Å². The van der Waals surface area contributed by atoms with Gasteiger partial charge in [-0.15, -0.1) is 0 Å². The Balaban J connectivity index is 1.66. The molecule has 7 nitrogen and oxygen atoms in total. The van der Waals surface area contributed by atoms with E-state index >= 15 is 0 Å². The first-order valence-electron chi connectivity index (χ1n) is 8.52. The second-order valence-corrected chi connectivity index (χ2v) is 5.97. The lowest BCUT2D eigenvalue weighted by molar-refractivity contribution is -0.385. The first kappa shape index (κ1) is 18.9. The van der Waals surface area contributed by atoms with E-state index in [4.69, 9.17) is 9.47 Å². The van der Waals surface area contributed by atoms with Crippen molar-refractivity contribution in [2.24, 2.45) is 0 Å². The Morgan fingerprint density at radius 2 is 1.61 bits per heavy atom. The van der Waals surface area contributed by atoms with Gasteiger partial charge in [-0.2, -0.15) is 0 Å². The van der Waals surface area contributed by atoms with Gasteiger partial charge in [0.05, 0.1) is 10.6 Å². The minimum absolute atomic E-state index is 0.0341. The van der Waals surface area contributed by atoms with Crippen LogP contribution in [-0.4, -0.2) is 17.4 Å². The molecule has 0 aliphatic carbocycles. The van der Waals surface area contributed by atoms with Crippen LogP contribution in [0, 0.1) is 17.0 Å². The van der Waals surface area contributed by atoms with E-state index in [2.05, 4.69) is 5.32 Å². The molecule has 142 valence electrons. The summed E-state index contributed by atoms with van der Waals surface area (Å²) in [7, 11) is 0. The number of ether oxygens (including phenoxy) is 2. The summed E-state index contributed by atoms with van der Waals surface area (Å²) in [5.74, 6) is 0.693. The van der Waals surface area contributed by atoms with Gasteiger partial charge in [0, 0.05) is 6.07 Å². The third-order valence-electron chi connectivity index (χ3n) is 3.83. The van der Waals surface area contributed by atoms with Crippen LogP contribution < -0.4 is 14.8 Å². The molecule has 28 heavy (non-hydrogen) atoms. The van der Waals surface area contributed by atoms with Gasteiger partial charge in [0.1, 0.15) is 5.75 Å². The highest BCUT2D eigenvalue weighted by Crippen LogP contribution is 2.30. The summed E-state index contributed by atoms with van der Waals surface area (Å²) in [4.78, 5) is 22.7. The van der Waals surface area contributed by atoms with Crippen LogP contribution in [0.5, 0.6) is 17.2 Å². The van der Waals surface area contributed by atoms with Gasteiger partial charge in [0.25, 0.3) is 5.91 Å². The largest absolute Gasteiger partial charge is 0.477 e. The number of carbonyl (C=O) groups is 1. The second kappa shape index (κ2) is 8.68. The molecule has 0 radical (unpaired) electrons. The zero-order valence-corrected chi connectivity index (χ0v) is 15.1. The molecule has 0 aromatic heterocycles. The summed E-state index contributed by atoms with van der Waals surface area (Å²) in [5, 5.41) is 13.7. The average molecular weight is 378 g/mol. The SMILES string of the molecule is Cc1ccc(Oc2ccccc2NC(=O)COc2ccccc2[N+](=O)[O-])cc1. The molecule has 1 amide bonds. The number of anilines is 1. The Morgan fingerprint density at radius 1 is 0.964 bits per heavy atom. The fourth-order valence-corrected chi connectivity index (χ4v) is 2.45. The first-order valence-corrected chi connectivity index (χ1v) is 8.52. The van der Waals surface area contributed by atoms with E-state index in [1.807, 2.05) is 31.2 Å². The number of amides is 1. The average Bonchev–Trinajstić information content (AvgIpc) is 2.70. The molecule has 7 heteroatoms. The number of benzene rings is 3. The number of para-hydroxylation sites is 4. The molecule has 0 saturated heterocycles. The van der Waals surface area contributed by atoms with Crippen molar-refractivity contribution in [1.29, 1.82) is 0 Å². The van der Waals surface area contributed by atoms with Gasteiger partial charge in [0.15, 0.2) is 18.1 Å². The van der Waals surface area contributed by atoms with E-state index in [0.29, 0.717) is 17.2 Å². The quantitative estimate of drug-likeness (QED) is 0.475. The van der Waals surface area contributed by atoms with Crippen LogP contribution in [0.3, 0.4) is 0 Å². The van der Waals surface area contributed by atoms with Crippen LogP contribution in [0.25, 0.3) is 0 Å². The van der Waals surface area contributed by atoms with Crippen molar-refractivity contribution < 1.29 is 19.2 Å². The fraction of sp³-hybridized carbons (Fsp3) is 0.0952. The van der Waals surface area contributed by atoms with Crippen LogP contribution in [-0.2, 0) is 4.79 Å². The molecule has 0 unspecified atom stereocenters. The summed E-state index contributed by atoms with van der Waals surface area (Å²) in [6.45, 7) is 1.61. The van der Waals surface area contributed by atoms with Crippen LogP contribution in [0.2, 0.25) is 0 Å². The maximum Gasteiger partial charge on any atom is 0.310 e. The molecule has 0 heterocycles. The Morgan fingerprint density at radius 3 is 2.32 bits per heavy atom. The predicted molar refractivity (Wildman–Crippen MR) is 105 cm³/mol. The lowest BCUT2D eigenvalue weighted by Crippen LogP contribution is -2.20.